The minimum atomic E-state index is 0.712. The Bertz CT molecular complexity index is 205. The fourth-order valence-corrected chi connectivity index (χ4v) is 3.25. The van der Waals surface area contributed by atoms with Crippen LogP contribution in [0, 0.1) is 5.92 Å². The van der Waals surface area contributed by atoms with E-state index < -0.39 is 0 Å². The van der Waals surface area contributed by atoms with Gasteiger partial charge in [-0.1, -0.05) is 52.9 Å². The first kappa shape index (κ1) is 16.0. The Kier molecular flexibility index (Phi) is 7.92. The van der Waals surface area contributed by atoms with Gasteiger partial charge in [-0.25, -0.2) is 0 Å². The van der Waals surface area contributed by atoms with Crippen LogP contribution in [0.4, 0.5) is 0 Å². The second-order valence-corrected chi connectivity index (χ2v) is 6.18. The maximum atomic E-state index is 3.73. The molecular weight excluding hydrogens is 220 g/mol. The molecule has 0 radical (unpaired) electrons. The summed E-state index contributed by atoms with van der Waals surface area (Å²) in [6, 6.07) is 1.46. The molecule has 0 heterocycles. The van der Waals surface area contributed by atoms with Crippen molar-refractivity contribution < 1.29 is 0 Å². The first-order valence-electron chi connectivity index (χ1n) is 8.12. The highest BCUT2D eigenvalue weighted by molar-refractivity contribution is 4.85. The average Bonchev–Trinajstić information content (AvgIpc) is 2.32. The maximum absolute atomic E-state index is 3.73. The van der Waals surface area contributed by atoms with E-state index in [0.717, 1.165) is 18.5 Å². The van der Waals surface area contributed by atoms with Crippen LogP contribution in [0.1, 0.15) is 65.7 Å². The predicted molar refractivity (Wildman–Crippen MR) is 81.0 cm³/mol. The third-order valence-electron chi connectivity index (χ3n) is 4.56. The summed E-state index contributed by atoms with van der Waals surface area (Å²) in [5, 5.41) is 3.73. The molecule has 1 saturated carbocycles. The largest absolute Gasteiger partial charge is 0.313 e. The number of hydrogen-bond acceptors (Lipinski definition) is 2. The summed E-state index contributed by atoms with van der Waals surface area (Å²) in [6.45, 7) is 9.28. The molecule has 0 saturated heterocycles. The number of hydrogen-bond donors (Lipinski definition) is 1. The molecule has 108 valence electrons. The molecule has 3 unspecified atom stereocenters. The molecule has 18 heavy (non-hydrogen) atoms. The van der Waals surface area contributed by atoms with Crippen molar-refractivity contribution in [2.24, 2.45) is 5.92 Å². The molecule has 0 bridgehead atoms. The lowest BCUT2D eigenvalue weighted by atomic mass is 9.90. The van der Waals surface area contributed by atoms with Crippen molar-refractivity contribution in [3.05, 3.63) is 0 Å². The van der Waals surface area contributed by atoms with Gasteiger partial charge in [0, 0.05) is 18.6 Å². The zero-order valence-corrected chi connectivity index (χ0v) is 13.0. The van der Waals surface area contributed by atoms with E-state index in [1.807, 2.05) is 0 Å². The van der Waals surface area contributed by atoms with Gasteiger partial charge in [0.15, 0.2) is 0 Å². The second-order valence-electron chi connectivity index (χ2n) is 6.18. The van der Waals surface area contributed by atoms with Gasteiger partial charge in [-0.3, -0.25) is 0 Å². The van der Waals surface area contributed by atoms with Crippen molar-refractivity contribution in [1.29, 1.82) is 0 Å². The lowest BCUT2D eigenvalue weighted by molar-refractivity contribution is 0.145. The summed E-state index contributed by atoms with van der Waals surface area (Å²) in [4.78, 5) is 2.63. The first-order chi connectivity index (χ1) is 8.69. The minimum absolute atomic E-state index is 0.712. The zero-order valence-electron chi connectivity index (χ0n) is 13.0. The highest BCUT2D eigenvalue weighted by atomic mass is 15.2. The Morgan fingerprint density at radius 1 is 1.11 bits per heavy atom. The molecule has 1 rings (SSSR count). The van der Waals surface area contributed by atoms with Gasteiger partial charge in [0.05, 0.1) is 0 Å². The molecule has 2 heteroatoms. The molecular formula is C16H34N2. The summed E-state index contributed by atoms with van der Waals surface area (Å²) in [7, 11) is 2.34. The zero-order chi connectivity index (χ0) is 13.4. The summed E-state index contributed by atoms with van der Waals surface area (Å²) in [5.74, 6) is 0.822. The van der Waals surface area contributed by atoms with Crippen LogP contribution in [-0.4, -0.2) is 37.1 Å². The van der Waals surface area contributed by atoms with Gasteiger partial charge >= 0.3 is 0 Å². The Hall–Kier alpha value is -0.0800. The Morgan fingerprint density at radius 2 is 1.78 bits per heavy atom. The summed E-state index contributed by atoms with van der Waals surface area (Å²) in [6.07, 6.45) is 9.73. The molecule has 0 spiro atoms. The second kappa shape index (κ2) is 8.92. The Labute approximate surface area is 115 Å². The van der Waals surface area contributed by atoms with Gasteiger partial charge < -0.3 is 10.2 Å². The standard InChI is InChI=1S/C16H34N2/c1-5-14(3)13-18(4)16-12-10-8-7-9-11-15(16)17-6-2/h14-17H,5-13H2,1-4H3. The van der Waals surface area contributed by atoms with Crippen LogP contribution < -0.4 is 5.32 Å². The van der Waals surface area contributed by atoms with Gasteiger partial charge in [0.1, 0.15) is 0 Å². The molecule has 0 aromatic rings. The van der Waals surface area contributed by atoms with E-state index in [4.69, 9.17) is 0 Å². The lowest BCUT2D eigenvalue weighted by Crippen LogP contribution is -2.50. The van der Waals surface area contributed by atoms with E-state index in [1.165, 1.54) is 51.5 Å². The molecule has 1 fully saturated rings. The topological polar surface area (TPSA) is 15.3 Å². The molecule has 1 N–H and O–H groups in total. The third kappa shape index (κ3) is 5.27. The molecule has 0 aromatic carbocycles. The van der Waals surface area contributed by atoms with Gasteiger partial charge in [-0.2, -0.15) is 0 Å². The smallest absolute Gasteiger partial charge is 0.0246 e. The minimum Gasteiger partial charge on any atom is -0.313 e. The van der Waals surface area contributed by atoms with Gasteiger partial charge in [-0.15, -0.1) is 0 Å². The van der Waals surface area contributed by atoms with Crippen molar-refractivity contribution in [2.75, 3.05) is 20.1 Å². The van der Waals surface area contributed by atoms with Crippen LogP contribution in [0.5, 0.6) is 0 Å². The molecule has 1 aliphatic carbocycles. The predicted octanol–water partition coefficient (Wildman–Crippen LogP) is 3.67. The SMILES string of the molecule is CCNC1CCCCCCC1N(C)CC(C)CC. The normalized spacial score (nSPS) is 27.8. The monoisotopic (exact) mass is 254 g/mol. The quantitative estimate of drug-likeness (QED) is 0.778. The molecule has 0 amide bonds. The number of nitrogens with one attached hydrogen (secondary N) is 1. The van der Waals surface area contributed by atoms with E-state index in [2.05, 4.69) is 38.0 Å². The van der Waals surface area contributed by atoms with Crippen LogP contribution in [0.15, 0.2) is 0 Å². The number of rotatable bonds is 6. The van der Waals surface area contributed by atoms with Crippen LogP contribution in [0.3, 0.4) is 0 Å². The van der Waals surface area contributed by atoms with Crippen LogP contribution >= 0.6 is 0 Å². The molecule has 0 aliphatic heterocycles. The summed E-state index contributed by atoms with van der Waals surface area (Å²) >= 11 is 0. The van der Waals surface area contributed by atoms with Crippen molar-refractivity contribution in [2.45, 2.75) is 77.8 Å². The Balaban J connectivity index is 2.57. The van der Waals surface area contributed by atoms with E-state index in [0.29, 0.717) is 6.04 Å². The van der Waals surface area contributed by atoms with Crippen molar-refractivity contribution in [3.63, 3.8) is 0 Å². The lowest BCUT2D eigenvalue weighted by Gasteiger charge is -2.37. The van der Waals surface area contributed by atoms with Crippen LogP contribution in [-0.2, 0) is 0 Å². The number of nitrogens with zero attached hydrogens (tertiary/aromatic N) is 1. The van der Waals surface area contributed by atoms with E-state index >= 15 is 0 Å². The maximum Gasteiger partial charge on any atom is 0.0246 e. The molecule has 3 atom stereocenters. The van der Waals surface area contributed by atoms with Crippen molar-refractivity contribution in [3.8, 4) is 0 Å². The number of likely N-dealkylation sites (N-methyl/N-ethyl adjacent to an activating group) is 2. The third-order valence-corrected chi connectivity index (χ3v) is 4.56. The van der Waals surface area contributed by atoms with Crippen LogP contribution in [0.25, 0.3) is 0 Å². The molecule has 1 aliphatic rings. The fourth-order valence-electron chi connectivity index (χ4n) is 3.25. The Morgan fingerprint density at radius 3 is 2.39 bits per heavy atom. The van der Waals surface area contributed by atoms with Crippen molar-refractivity contribution in [1.82, 2.24) is 10.2 Å². The average molecular weight is 254 g/mol. The van der Waals surface area contributed by atoms with Gasteiger partial charge in [-0.05, 0) is 32.4 Å². The van der Waals surface area contributed by atoms with Gasteiger partial charge in [0.25, 0.3) is 0 Å². The van der Waals surface area contributed by atoms with Crippen LogP contribution in [0.2, 0.25) is 0 Å². The first-order valence-corrected chi connectivity index (χ1v) is 8.12. The fraction of sp³-hybridized carbons (Fsp3) is 1.00. The highest BCUT2D eigenvalue weighted by Gasteiger charge is 2.25. The summed E-state index contributed by atoms with van der Waals surface area (Å²) in [5.41, 5.74) is 0. The van der Waals surface area contributed by atoms with E-state index in [9.17, 15) is 0 Å². The molecule has 2 nitrogen and oxygen atoms in total. The van der Waals surface area contributed by atoms with E-state index in [-0.39, 0.29) is 0 Å². The van der Waals surface area contributed by atoms with Gasteiger partial charge in [0.2, 0.25) is 0 Å². The highest BCUT2D eigenvalue weighted by Crippen LogP contribution is 2.22. The van der Waals surface area contributed by atoms with E-state index in [1.54, 1.807) is 0 Å². The molecule has 0 aromatic heterocycles. The van der Waals surface area contributed by atoms with Crippen molar-refractivity contribution >= 4 is 0 Å². The summed E-state index contributed by atoms with van der Waals surface area (Å²) < 4.78 is 0.